The fourth-order valence-corrected chi connectivity index (χ4v) is 4.10. The van der Waals surface area contributed by atoms with E-state index in [2.05, 4.69) is 47.2 Å². The van der Waals surface area contributed by atoms with Crippen LogP contribution in [0.1, 0.15) is 24.0 Å². The van der Waals surface area contributed by atoms with Gasteiger partial charge in [0.1, 0.15) is 0 Å². The van der Waals surface area contributed by atoms with Crippen LogP contribution in [0, 0.1) is 5.92 Å². The topological polar surface area (TPSA) is 35.9 Å². The summed E-state index contributed by atoms with van der Waals surface area (Å²) in [4.78, 5) is 4.91. The van der Waals surface area contributed by atoms with Gasteiger partial charge in [0.2, 0.25) is 0 Å². The molecule has 1 heterocycles. The molecule has 0 aromatic heterocycles. The van der Waals surface area contributed by atoms with Crippen molar-refractivity contribution in [2.45, 2.75) is 25.8 Å². The Hall–Kier alpha value is -1.75. The van der Waals surface area contributed by atoms with Crippen LogP contribution in [0.25, 0.3) is 0 Å². The van der Waals surface area contributed by atoms with Crippen LogP contribution in [0.4, 0.5) is 0 Å². The van der Waals surface area contributed by atoms with E-state index in [4.69, 9.17) is 16.3 Å². The van der Waals surface area contributed by atoms with Crippen molar-refractivity contribution in [1.82, 2.24) is 9.80 Å². The predicted octanol–water partition coefficient (Wildman–Crippen LogP) is 4.44. The van der Waals surface area contributed by atoms with E-state index >= 15 is 0 Å². The van der Waals surface area contributed by atoms with Crippen molar-refractivity contribution in [2.75, 3.05) is 40.3 Å². The second kappa shape index (κ2) is 10.1. The monoisotopic (exact) mass is 402 g/mol. The molecular formula is C23H31ClN2O2. The molecule has 0 bridgehead atoms. The first-order valence-corrected chi connectivity index (χ1v) is 10.4. The zero-order chi connectivity index (χ0) is 19.9. The van der Waals surface area contributed by atoms with Gasteiger partial charge in [-0.15, -0.1) is 0 Å². The first-order chi connectivity index (χ1) is 13.5. The van der Waals surface area contributed by atoms with Gasteiger partial charge in [0, 0.05) is 30.7 Å². The largest absolute Gasteiger partial charge is 0.504 e. The quantitative estimate of drug-likeness (QED) is 0.708. The molecule has 0 spiro atoms. The third-order valence-corrected chi connectivity index (χ3v) is 6.01. The van der Waals surface area contributed by atoms with E-state index in [1.54, 1.807) is 13.2 Å². The van der Waals surface area contributed by atoms with Crippen molar-refractivity contribution in [3.05, 3.63) is 58.6 Å². The number of ether oxygens (including phenoxy) is 1. The van der Waals surface area contributed by atoms with Crippen molar-refractivity contribution in [1.29, 1.82) is 0 Å². The van der Waals surface area contributed by atoms with Gasteiger partial charge in [0.25, 0.3) is 0 Å². The number of aromatic hydroxyl groups is 1. The van der Waals surface area contributed by atoms with E-state index in [0.717, 1.165) is 31.6 Å². The first-order valence-electron chi connectivity index (χ1n) is 10.1. The predicted molar refractivity (Wildman–Crippen MR) is 115 cm³/mol. The number of rotatable bonds is 8. The summed E-state index contributed by atoms with van der Waals surface area (Å²) in [5.74, 6) is 1.27. The Bertz CT molecular complexity index is 746. The first kappa shape index (κ1) is 21.0. The van der Waals surface area contributed by atoms with E-state index in [9.17, 15) is 5.11 Å². The second-order valence-electron chi connectivity index (χ2n) is 7.83. The van der Waals surface area contributed by atoms with Crippen LogP contribution in [0.5, 0.6) is 11.5 Å². The molecule has 0 unspecified atom stereocenters. The van der Waals surface area contributed by atoms with Gasteiger partial charge in [-0.1, -0.05) is 41.9 Å². The maximum atomic E-state index is 9.96. The number of phenolic OH excluding ortho intramolecular Hbond substituents is 1. The summed E-state index contributed by atoms with van der Waals surface area (Å²) in [7, 11) is 3.77. The van der Waals surface area contributed by atoms with E-state index in [1.165, 1.54) is 31.5 Å². The molecule has 0 atom stereocenters. The fraction of sp³-hybridized carbons (Fsp3) is 0.478. The van der Waals surface area contributed by atoms with Gasteiger partial charge in [0.15, 0.2) is 11.5 Å². The van der Waals surface area contributed by atoms with Crippen LogP contribution in [0.2, 0.25) is 5.02 Å². The number of phenols is 1. The number of methoxy groups -OCH3 is 1. The number of nitrogens with zero attached hydrogens (tertiary/aromatic N) is 2. The van der Waals surface area contributed by atoms with Crippen molar-refractivity contribution >= 4 is 11.6 Å². The van der Waals surface area contributed by atoms with Gasteiger partial charge in [-0.3, -0.25) is 4.90 Å². The average molecular weight is 403 g/mol. The number of likely N-dealkylation sites (tertiary alicyclic amines) is 1. The van der Waals surface area contributed by atoms with Crippen LogP contribution in [-0.4, -0.2) is 55.2 Å². The van der Waals surface area contributed by atoms with Gasteiger partial charge in [-0.05, 0) is 62.5 Å². The lowest BCUT2D eigenvalue weighted by molar-refractivity contribution is 0.157. The maximum absolute atomic E-state index is 9.96. The minimum atomic E-state index is 0.0856. The van der Waals surface area contributed by atoms with Crippen LogP contribution in [-0.2, 0) is 13.0 Å². The van der Waals surface area contributed by atoms with Crippen molar-refractivity contribution in [2.24, 2.45) is 5.92 Å². The molecular weight excluding hydrogens is 372 g/mol. The van der Waals surface area contributed by atoms with E-state index in [1.807, 2.05) is 6.07 Å². The molecule has 0 aliphatic carbocycles. The summed E-state index contributed by atoms with van der Waals surface area (Å²) in [6.45, 7) is 5.15. The normalized spacial score (nSPS) is 15.9. The fourth-order valence-electron chi connectivity index (χ4n) is 3.89. The Morgan fingerprint density at radius 2 is 1.89 bits per heavy atom. The minimum Gasteiger partial charge on any atom is -0.504 e. The van der Waals surface area contributed by atoms with Gasteiger partial charge < -0.3 is 14.7 Å². The molecule has 1 aliphatic rings. The Morgan fingerprint density at radius 3 is 2.57 bits per heavy atom. The summed E-state index contributed by atoms with van der Waals surface area (Å²) >= 11 is 6.43. The third kappa shape index (κ3) is 5.87. The lowest BCUT2D eigenvalue weighted by atomic mass is 9.96. The number of halogens is 1. The Labute approximate surface area is 173 Å². The molecule has 4 nitrogen and oxygen atoms in total. The lowest BCUT2D eigenvalue weighted by Crippen LogP contribution is -2.37. The minimum absolute atomic E-state index is 0.0856. The summed E-state index contributed by atoms with van der Waals surface area (Å²) in [6, 6.07) is 14.1. The number of hydrogen-bond acceptors (Lipinski definition) is 4. The molecule has 0 saturated carbocycles. The molecule has 1 fully saturated rings. The number of hydrogen-bond donors (Lipinski definition) is 1. The highest BCUT2D eigenvalue weighted by molar-refractivity contribution is 6.31. The zero-order valence-corrected chi connectivity index (χ0v) is 17.7. The molecule has 2 aromatic rings. The molecule has 152 valence electrons. The second-order valence-corrected chi connectivity index (χ2v) is 8.24. The average Bonchev–Trinajstić information content (AvgIpc) is 2.70. The van der Waals surface area contributed by atoms with Gasteiger partial charge in [0.05, 0.1) is 7.11 Å². The highest BCUT2D eigenvalue weighted by atomic mass is 35.5. The van der Waals surface area contributed by atoms with Gasteiger partial charge in [-0.25, -0.2) is 0 Å². The summed E-state index contributed by atoms with van der Waals surface area (Å²) in [6.07, 6.45) is 3.50. The van der Waals surface area contributed by atoms with Crippen molar-refractivity contribution in [3.8, 4) is 11.5 Å². The smallest absolute Gasteiger partial charge is 0.160 e. The summed E-state index contributed by atoms with van der Waals surface area (Å²) in [5.41, 5.74) is 2.35. The van der Waals surface area contributed by atoms with E-state index in [-0.39, 0.29) is 5.75 Å². The Morgan fingerprint density at radius 1 is 1.18 bits per heavy atom. The molecule has 5 heteroatoms. The van der Waals surface area contributed by atoms with E-state index < -0.39 is 0 Å². The van der Waals surface area contributed by atoms with Crippen LogP contribution >= 0.6 is 11.6 Å². The Kier molecular flexibility index (Phi) is 7.60. The molecule has 1 N–H and O–H groups in total. The van der Waals surface area contributed by atoms with Crippen LogP contribution in [0.3, 0.4) is 0 Å². The molecule has 0 amide bonds. The standard InChI is InChI=1S/C23H31ClN2O2/c1-25-11-8-19(9-12-25)16-26(13-10-18-6-4-3-5-7-18)17-20-14-23(28-2)22(27)15-21(20)24/h3-7,14-15,19,27H,8-13,16-17H2,1-2H3. The molecule has 28 heavy (non-hydrogen) atoms. The highest BCUT2D eigenvalue weighted by Crippen LogP contribution is 2.33. The van der Waals surface area contributed by atoms with Crippen LogP contribution < -0.4 is 4.74 Å². The van der Waals surface area contributed by atoms with Crippen molar-refractivity contribution < 1.29 is 9.84 Å². The van der Waals surface area contributed by atoms with Gasteiger partial charge >= 0.3 is 0 Å². The summed E-state index contributed by atoms with van der Waals surface area (Å²) in [5, 5.41) is 10.5. The molecule has 0 radical (unpaired) electrons. The summed E-state index contributed by atoms with van der Waals surface area (Å²) < 4.78 is 5.28. The van der Waals surface area contributed by atoms with Crippen molar-refractivity contribution in [3.63, 3.8) is 0 Å². The maximum Gasteiger partial charge on any atom is 0.160 e. The lowest BCUT2D eigenvalue weighted by Gasteiger charge is -2.33. The number of piperidine rings is 1. The molecule has 1 saturated heterocycles. The molecule has 2 aromatic carbocycles. The third-order valence-electron chi connectivity index (χ3n) is 5.66. The van der Waals surface area contributed by atoms with Gasteiger partial charge in [-0.2, -0.15) is 0 Å². The van der Waals surface area contributed by atoms with Crippen LogP contribution in [0.15, 0.2) is 42.5 Å². The van der Waals surface area contributed by atoms with E-state index in [0.29, 0.717) is 16.7 Å². The highest BCUT2D eigenvalue weighted by Gasteiger charge is 2.21. The SMILES string of the molecule is COc1cc(CN(CCc2ccccc2)CC2CCN(C)CC2)c(Cl)cc1O. The molecule has 3 rings (SSSR count). The Balaban J connectivity index is 1.71. The number of benzene rings is 2. The zero-order valence-electron chi connectivity index (χ0n) is 16.9. The molecule has 1 aliphatic heterocycles.